The smallest absolute Gasteiger partial charge is 0.318 e. The summed E-state index contributed by atoms with van der Waals surface area (Å²) < 4.78 is 16.5. The van der Waals surface area contributed by atoms with Crippen molar-refractivity contribution in [2.24, 2.45) is 17.3 Å². The Morgan fingerprint density at radius 2 is 1.95 bits per heavy atom. The molecule has 9 heteroatoms. The minimum absolute atomic E-state index is 0.0746. The Kier molecular flexibility index (Phi) is 13.0. The third-order valence-electron chi connectivity index (χ3n) is 7.26. The van der Waals surface area contributed by atoms with Crippen LogP contribution in [0.25, 0.3) is 0 Å². The summed E-state index contributed by atoms with van der Waals surface area (Å²) in [5.74, 6) is -5.90. The number of esters is 1. The first-order chi connectivity index (χ1) is 17.8. The molecule has 0 aromatic heterocycles. The Morgan fingerprint density at radius 3 is 2.57 bits per heavy atom. The van der Waals surface area contributed by atoms with Gasteiger partial charge in [0.2, 0.25) is 0 Å². The Hall–Kier alpha value is -2.52. The third-order valence-corrected chi connectivity index (χ3v) is 7.26. The zero-order chi connectivity index (χ0) is 27.3. The number of unbranched alkanes of at least 4 members (excludes halogenated alkanes) is 3. The fraction of sp³-hybridized carbons (Fsp3) is 0.714. The Morgan fingerprint density at radius 1 is 1.16 bits per heavy atom. The summed E-state index contributed by atoms with van der Waals surface area (Å²) in [4.78, 5) is 48.8. The number of carboxylic acids is 2. The summed E-state index contributed by atoms with van der Waals surface area (Å²) in [5.41, 5.74) is -1.87. The van der Waals surface area contributed by atoms with E-state index in [-0.39, 0.29) is 37.6 Å². The monoisotopic (exact) mass is 522 g/mol. The van der Waals surface area contributed by atoms with E-state index < -0.39 is 35.0 Å². The van der Waals surface area contributed by atoms with Crippen LogP contribution in [-0.4, -0.2) is 60.0 Å². The van der Waals surface area contributed by atoms with Gasteiger partial charge in [0.05, 0.1) is 13.2 Å². The molecule has 9 nitrogen and oxygen atoms in total. The van der Waals surface area contributed by atoms with E-state index in [2.05, 4.69) is 11.7 Å². The van der Waals surface area contributed by atoms with Crippen molar-refractivity contribution in [3.05, 3.63) is 24.3 Å². The number of carboxylic acid groups (broad SMARTS) is 2. The van der Waals surface area contributed by atoms with Crippen molar-refractivity contribution in [1.82, 2.24) is 0 Å². The molecule has 0 radical (unpaired) electrons. The van der Waals surface area contributed by atoms with Gasteiger partial charge in [-0.05, 0) is 51.4 Å². The number of ether oxygens (including phenoxy) is 3. The van der Waals surface area contributed by atoms with Gasteiger partial charge in [0.15, 0.2) is 12.1 Å². The van der Waals surface area contributed by atoms with Gasteiger partial charge in [-0.3, -0.25) is 19.2 Å². The van der Waals surface area contributed by atoms with E-state index in [1.807, 2.05) is 0 Å². The quantitative estimate of drug-likeness (QED) is 0.128. The van der Waals surface area contributed by atoms with Crippen LogP contribution >= 0.6 is 0 Å². The predicted octanol–water partition coefficient (Wildman–Crippen LogP) is 4.69. The Balaban J connectivity index is 2.22. The molecule has 5 atom stereocenters. The predicted molar refractivity (Wildman–Crippen MR) is 136 cm³/mol. The van der Waals surface area contributed by atoms with Crippen LogP contribution in [0.4, 0.5) is 0 Å². The van der Waals surface area contributed by atoms with Crippen LogP contribution in [0.3, 0.4) is 0 Å². The largest absolute Gasteiger partial charge is 0.481 e. The molecule has 0 spiro atoms. The van der Waals surface area contributed by atoms with Crippen molar-refractivity contribution in [2.75, 3.05) is 13.7 Å². The first kappa shape index (κ1) is 30.7. The van der Waals surface area contributed by atoms with E-state index in [9.17, 15) is 29.4 Å². The zero-order valence-electron chi connectivity index (χ0n) is 22.1. The second-order valence-electron chi connectivity index (χ2n) is 9.87. The Labute approximate surface area is 219 Å². The number of carbonyl (C=O) groups excluding carboxylic acids is 2. The maximum atomic E-state index is 13.2. The summed E-state index contributed by atoms with van der Waals surface area (Å²) in [7, 11) is 1.31. The topological polar surface area (TPSA) is 136 Å². The highest BCUT2D eigenvalue weighted by Crippen LogP contribution is 2.48. The highest BCUT2D eigenvalue weighted by molar-refractivity contribution is 6.13. The van der Waals surface area contributed by atoms with Crippen molar-refractivity contribution in [3.63, 3.8) is 0 Å². The number of rotatable bonds is 16. The number of ketones is 1. The van der Waals surface area contributed by atoms with Crippen LogP contribution in [0.1, 0.15) is 84.0 Å². The number of Topliss-reactive ketones (excluding diaryl/α,β-unsaturated/α-hetero) is 1. The normalized spacial score (nSPS) is 27.1. The molecule has 37 heavy (non-hydrogen) atoms. The standard InChI is InChI=1S/C28H42O9/c1-3-4-7-12-21(37-24-14-9-11-18-36-24)16-15-20-19-22(26(31)32)25(30)28(20,27(33)34)17-10-6-5-8-13-23(29)35-2/h6,10,15-16,20-22,24H,3-5,7-9,11-14,17-19H2,1-2H3,(H,31,32)(H,33,34). The zero-order valence-corrected chi connectivity index (χ0v) is 22.1. The molecule has 1 aliphatic carbocycles. The molecule has 1 aliphatic heterocycles. The van der Waals surface area contributed by atoms with Crippen LogP contribution in [0.2, 0.25) is 0 Å². The highest BCUT2D eigenvalue weighted by atomic mass is 16.7. The van der Waals surface area contributed by atoms with Crippen LogP contribution < -0.4 is 0 Å². The molecule has 1 saturated heterocycles. The molecule has 0 aromatic carbocycles. The summed E-state index contributed by atoms with van der Waals surface area (Å²) in [6, 6.07) is 0. The van der Waals surface area contributed by atoms with Crippen molar-refractivity contribution in [2.45, 2.75) is 96.4 Å². The molecule has 2 fully saturated rings. The van der Waals surface area contributed by atoms with Crippen molar-refractivity contribution in [1.29, 1.82) is 0 Å². The lowest BCUT2D eigenvalue weighted by atomic mass is 9.73. The first-order valence-corrected chi connectivity index (χ1v) is 13.4. The van der Waals surface area contributed by atoms with Gasteiger partial charge in [0.25, 0.3) is 0 Å². The molecule has 0 amide bonds. The van der Waals surface area contributed by atoms with E-state index >= 15 is 0 Å². The number of aliphatic carboxylic acids is 2. The highest BCUT2D eigenvalue weighted by Gasteiger charge is 2.60. The number of hydrogen-bond donors (Lipinski definition) is 2. The molecule has 1 heterocycles. The van der Waals surface area contributed by atoms with E-state index in [4.69, 9.17) is 9.47 Å². The molecule has 0 aromatic rings. The van der Waals surface area contributed by atoms with Gasteiger partial charge < -0.3 is 24.4 Å². The van der Waals surface area contributed by atoms with Gasteiger partial charge >= 0.3 is 17.9 Å². The summed E-state index contributed by atoms with van der Waals surface area (Å²) in [6.45, 7) is 2.75. The molecule has 2 rings (SSSR count). The molecule has 2 aliphatic rings. The second-order valence-corrected chi connectivity index (χ2v) is 9.87. The molecule has 2 N–H and O–H groups in total. The lowest BCUT2D eigenvalue weighted by Gasteiger charge is -2.28. The minimum Gasteiger partial charge on any atom is -0.481 e. The average Bonchev–Trinajstić information content (AvgIpc) is 3.17. The fourth-order valence-electron chi connectivity index (χ4n) is 5.04. The first-order valence-electron chi connectivity index (χ1n) is 13.4. The third kappa shape index (κ3) is 8.78. The number of methoxy groups -OCH3 is 1. The van der Waals surface area contributed by atoms with E-state index in [0.717, 1.165) is 44.9 Å². The maximum absolute atomic E-state index is 13.2. The molecular weight excluding hydrogens is 480 g/mol. The van der Waals surface area contributed by atoms with Crippen molar-refractivity contribution >= 4 is 23.7 Å². The SMILES string of the molecule is CCCCCC(C=CC1CC(C(=O)O)C(=O)C1(CC=CCCCC(=O)OC)C(=O)O)OC1CCCCO1. The maximum Gasteiger partial charge on any atom is 0.318 e. The Bertz CT molecular complexity index is 828. The van der Waals surface area contributed by atoms with Crippen LogP contribution in [0.15, 0.2) is 24.3 Å². The van der Waals surface area contributed by atoms with Gasteiger partial charge in [0.1, 0.15) is 11.3 Å². The van der Waals surface area contributed by atoms with Gasteiger partial charge in [-0.15, -0.1) is 0 Å². The fourth-order valence-corrected chi connectivity index (χ4v) is 5.04. The van der Waals surface area contributed by atoms with Crippen LogP contribution in [-0.2, 0) is 33.4 Å². The van der Waals surface area contributed by atoms with Crippen LogP contribution in [0, 0.1) is 17.3 Å². The van der Waals surface area contributed by atoms with Crippen molar-refractivity contribution < 1.29 is 43.6 Å². The lowest BCUT2D eigenvalue weighted by Crippen LogP contribution is -2.42. The molecule has 208 valence electrons. The summed E-state index contributed by atoms with van der Waals surface area (Å²) in [5, 5.41) is 19.8. The molecular formula is C28H42O9. The van der Waals surface area contributed by atoms with Gasteiger partial charge in [-0.1, -0.05) is 50.5 Å². The second kappa shape index (κ2) is 15.7. The molecule has 0 bridgehead atoms. The molecule has 5 unspecified atom stereocenters. The van der Waals surface area contributed by atoms with Gasteiger partial charge in [0, 0.05) is 18.9 Å². The average molecular weight is 523 g/mol. The lowest BCUT2D eigenvalue weighted by molar-refractivity contribution is -0.179. The van der Waals surface area contributed by atoms with E-state index in [1.54, 1.807) is 24.3 Å². The minimum atomic E-state index is -1.87. The number of carbonyl (C=O) groups is 4. The van der Waals surface area contributed by atoms with Crippen molar-refractivity contribution in [3.8, 4) is 0 Å². The summed E-state index contributed by atoms with van der Waals surface area (Å²) in [6.07, 6.45) is 13.8. The number of allylic oxidation sites excluding steroid dienone is 3. The summed E-state index contributed by atoms with van der Waals surface area (Å²) >= 11 is 0. The molecule has 1 saturated carbocycles. The number of hydrogen-bond acceptors (Lipinski definition) is 7. The van der Waals surface area contributed by atoms with Gasteiger partial charge in [-0.2, -0.15) is 0 Å². The van der Waals surface area contributed by atoms with Crippen LogP contribution in [0.5, 0.6) is 0 Å². The van der Waals surface area contributed by atoms with E-state index in [0.29, 0.717) is 19.4 Å². The van der Waals surface area contributed by atoms with Gasteiger partial charge in [-0.25, -0.2) is 0 Å². The van der Waals surface area contributed by atoms with E-state index in [1.165, 1.54) is 7.11 Å².